The summed E-state index contributed by atoms with van der Waals surface area (Å²) in [7, 11) is 0. The average Bonchev–Trinajstić information content (AvgIpc) is 2.28. The van der Waals surface area contributed by atoms with Crippen molar-refractivity contribution in [2.45, 2.75) is 32.1 Å². The van der Waals surface area contributed by atoms with Crippen molar-refractivity contribution in [2.24, 2.45) is 0 Å². The molecule has 16 heavy (non-hydrogen) atoms. The molecule has 0 saturated carbocycles. The molecule has 2 saturated heterocycles. The number of ether oxygens (including phenoxy) is 1. The van der Waals surface area contributed by atoms with E-state index in [0.717, 1.165) is 19.6 Å². The second-order valence-corrected chi connectivity index (χ2v) is 4.71. The number of nitrogens with one attached hydrogen (secondary N) is 2. The summed E-state index contributed by atoms with van der Waals surface area (Å²) in [6.07, 6.45) is 0.286. The van der Waals surface area contributed by atoms with Gasteiger partial charge >= 0.3 is 0 Å². The van der Waals surface area contributed by atoms with Gasteiger partial charge < -0.3 is 20.3 Å². The second kappa shape index (κ2) is 5.12. The molecule has 1 amide bonds. The summed E-state index contributed by atoms with van der Waals surface area (Å²) in [5, 5.41) is 6.49. The molecule has 3 atom stereocenters. The maximum atomic E-state index is 12.2. The van der Waals surface area contributed by atoms with Gasteiger partial charge in [-0.25, -0.2) is 0 Å². The first-order chi connectivity index (χ1) is 7.66. The predicted octanol–water partition coefficient (Wildman–Crippen LogP) is -0.816. The van der Waals surface area contributed by atoms with Crippen molar-refractivity contribution in [3.05, 3.63) is 0 Å². The lowest BCUT2D eigenvalue weighted by molar-refractivity contribution is -0.145. The molecule has 2 heterocycles. The molecular formula is C11H21N3O2. The molecule has 0 aromatic rings. The lowest BCUT2D eigenvalue weighted by Crippen LogP contribution is -2.59. The van der Waals surface area contributed by atoms with E-state index in [9.17, 15) is 4.79 Å². The minimum absolute atomic E-state index is 0.0637. The van der Waals surface area contributed by atoms with E-state index in [1.807, 2.05) is 18.7 Å². The zero-order valence-electron chi connectivity index (χ0n) is 10.0. The highest BCUT2D eigenvalue weighted by molar-refractivity contribution is 5.82. The number of hydrogen-bond donors (Lipinski definition) is 2. The average molecular weight is 227 g/mol. The van der Waals surface area contributed by atoms with E-state index in [4.69, 9.17) is 4.74 Å². The van der Waals surface area contributed by atoms with Crippen molar-refractivity contribution in [1.82, 2.24) is 15.5 Å². The minimum atomic E-state index is -0.0637. The molecule has 0 aromatic heterocycles. The number of nitrogens with zero attached hydrogens (tertiary/aromatic N) is 1. The van der Waals surface area contributed by atoms with Crippen LogP contribution in [0.5, 0.6) is 0 Å². The highest BCUT2D eigenvalue weighted by atomic mass is 16.5. The molecule has 2 aliphatic heterocycles. The first-order valence-electron chi connectivity index (χ1n) is 6.05. The van der Waals surface area contributed by atoms with Gasteiger partial charge in [-0.3, -0.25) is 4.79 Å². The van der Waals surface area contributed by atoms with E-state index in [1.54, 1.807) is 0 Å². The Bertz CT molecular complexity index is 244. The topological polar surface area (TPSA) is 53.6 Å². The van der Waals surface area contributed by atoms with Gasteiger partial charge in [-0.2, -0.15) is 0 Å². The van der Waals surface area contributed by atoms with Crippen LogP contribution >= 0.6 is 0 Å². The molecule has 0 aliphatic carbocycles. The van der Waals surface area contributed by atoms with Gasteiger partial charge in [-0.1, -0.05) is 0 Å². The third kappa shape index (κ3) is 2.72. The van der Waals surface area contributed by atoms with Gasteiger partial charge in [-0.05, 0) is 13.8 Å². The Balaban J connectivity index is 1.92. The van der Waals surface area contributed by atoms with E-state index in [-0.39, 0.29) is 24.2 Å². The number of amides is 1. The Hall–Kier alpha value is -0.650. The molecule has 0 spiro atoms. The maximum Gasteiger partial charge on any atom is 0.241 e. The van der Waals surface area contributed by atoms with Gasteiger partial charge in [0.15, 0.2) is 0 Å². The predicted molar refractivity (Wildman–Crippen MR) is 61.2 cm³/mol. The van der Waals surface area contributed by atoms with Crippen LogP contribution in [0.25, 0.3) is 0 Å². The number of hydrogen-bond acceptors (Lipinski definition) is 4. The normalized spacial score (nSPS) is 36.1. The molecule has 0 aromatic carbocycles. The fourth-order valence-electron chi connectivity index (χ4n) is 2.41. The van der Waals surface area contributed by atoms with E-state index in [1.165, 1.54) is 0 Å². The van der Waals surface area contributed by atoms with Crippen molar-refractivity contribution >= 4 is 5.91 Å². The summed E-state index contributed by atoms with van der Waals surface area (Å²) in [6.45, 7) is 8.00. The third-order valence-corrected chi connectivity index (χ3v) is 3.07. The number of morpholine rings is 1. The smallest absolute Gasteiger partial charge is 0.241 e. The van der Waals surface area contributed by atoms with Crippen LogP contribution in [0.1, 0.15) is 13.8 Å². The van der Waals surface area contributed by atoms with Crippen LogP contribution in [-0.2, 0) is 9.53 Å². The standard InChI is InChI=1S/C11H21N3O2/c1-8-6-14(7-9(2)16-8)11(15)10-5-12-3-4-13-10/h8-10,12-13H,3-7H2,1-2H3. The van der Waals surface area contributed by atoms with Gasteiger partial charge in [0.1, 0.15) is 0 Å². The first kappa shape index (κ1) is 11.8. The van der Waals surface area contributed by atoms with Crippen molar-refractivity contribution < 1.29 is 9.53 Å². The molecule has 3 unspecified atom stereocenters. The summed E-state index contributed by atoms with van der Waals surface area (Å²) in [5.41, 5.74) is 0. The molecule has 0 radical (unpaired) electrons. The van der Waals surface area contributed by atoms with Crippen molar-refractivity contribution in [1.29, 1.82) is 0 Å². The molecule has 92 valence electrons. The molecule has 2 aliphatic rings. The summed E-state index contributed by atoms with van der Waals surface area (Å²) < 4.78 is 5.62. The monoisotopic (exact) mass is 227 g/mol. The fraction of sp³-hybridized carbons (Fsp3) is 0.909. The number of carbonyl (C=O) groups is 1. The van der Waals surface area contributed by atoms with Gasteiger partial charge in [0, 0.05) is 32.7 Å². The summed E-state index contributed by atoms with van der Waals surface area (Å²) in [5.74, 6) is 0.203. The molecule has 5 nitrogen and oxygen atoms in total. The van der Waals surface area contributed by atoms with Crippen molar-refractivity contribution in [2.75, 3.05) is 32.7 Å². The van der Waals surface area contributed by atoms with E-state index >= 15 is 0 Å². The molecule has 2 rings (SSSR count). The second-order valence-electron chi connectivity index (χ2n) is 4.71. The zero-order valence-corrected chi connectivity index (χ0v) is 10.0. The van der Waals surface area contributed by atoms with Crippen molar-refractivity contribution in [3.8, 4) is 0 Å². The lowest BCUT2D eigenvalue weighted by atomic mass is 10.1. The Morgan fingerprint density at radius 2 is 1.94 bits per heavy atom. The van der Waals surface area contributed by atoms with Crippen LogP contribution in [0.3, 0.4) is 0 Å². The molecule has 2 fully saturated rings. The van der Waals surface area contributed by atoms with E-state index in [2.05, 4.69) is 10.6 Å². The maximum absolute atomic E-state index is 12.2. The molecule has 2 N–H and O–H groups in total. The van der Waals surface area contributed by atoms with Crippen LogP contribution in [0.4, 0.5) is 0 Å². The Labute approximate surface area is 96.5 Å². The summed E-state index contributed by atoms with van der Waals surface area (Å²) in [4.78, 5) is 14.1. The molecule has 0 bridgehead atoms. The van der Waals surface area contributed by atoms with Crippen LogP contribution in [0, 0.1) is 0 Å². The Morgan fingerprint density at radius 3 is 2.50 bits per heavy atom. The Kier molecular flexibility index (Phi) is 3.78. The van der Waals surface area contributed by atoms with Gasteiger partial charge in [-0.15, -0.1) is 0 Å². The summed E-state index contributed by atoms with van der Waals surface area (Å²) >= 11 is 0. The summed E-state index contributed by atoms with van der Waals surface area (Å²) in [6, 6.07) is -0.0637. The molecular weight excluding hydrogens is 206 g/mol. The van der Waals surface area contributed by atoms with E-state index in [0.29, 0.717) is 13.1 Å². The van der Waals surface area contributed by atoms with Crippen molar-refractivity contribution in [3.63, 3.8) is 0 Å². The lowest BCUT2D eigenvalue weighted by Gasteiger charge is -2.38. The van der Waals surface area contributed by atoms with Crippen LogP contribution < -0.4 is 10.6 Å². The van der Waals surface area contributed by atoms with Crippen LogP contribution in [-0.4, -0.2) is 61.8 Å². The first-order valence-corrected chi connectivity index (χ1v) is 6.05. The van der Waals surface area contributed by atoms with Crippen LogP contribution in [0.2, 0.25) is 0 Å². The van der Waals surface area contributed by atoms with E-state index < -0.39 is 0 Å². The number of carbonyl (C=O) groups excluding carboxylic acids is 1. The number of rotatable bonds is 1. The molecule has 5 heteroatoms. The Morgan fingerprint density at radius 1 is 1.25 bits per heavy atom. The van der Waals surface area contributed by atoms with Gasteiger partial charge in [0.2, 0.25) is 5.91 Å². The van der Waals surface area contributed by atoms with Gasteiger partial charge in [0.25, 0.3) is 0 Å². The van der Waals surface area contributed by atoms with Gasteiger partial charge in [0.05, 0.1) is 18.2 Å². The third-order valence-electron chi connectivity index (χ3n) is 3.07. The highest BCUT2D eigenvalue weighted by Gasteiger charge is 2.30. The number of piperazine rings is 1. The van der Waals surface area contributed by atoms with Crippen LogP contribution in [0.15, 0.2) is 0 Å². The minimum Gasteiger partial charge on any atom is -0.372 e. The quantitative estimate of drug-likeness (QED) is 0.615. The largest absolute Gasteiger partial charge is 0.372 e. The highest BCUT2D eigenvalue weighted by Crippen LogP contribution is 2.12. The zero-order chi connectivity index (χ0) is 11.5. The fourth-order valence-corrected chi connectivity index (χ4v) is 2.41. The SMILES string of the molecule is CC1CN(C(=O)C2CNCCN2)CC(C)O1.